The van der Waals surface area contributed by atoms with Gasteiger partial charge >= 0.3 is 8.80 Å². The Morgan fingerprint density at radius 1 is 0.377 bits per heavy atom. The molecule has 0 aromatic carbocycles. The lowest BCUT2D eigenvalue weighted by molar-refractivity contribution is 0.0734. The zero-order valence-electron chi connectivity index (χ0n) is 37.1. The summed E-state index contributed by atoms with van der Waals surface area (Å²) in [6, 6.07) is 0.993. The maximum atomic E-state index is 7.79. The van der Waals surface area contributed by atoms with Crippen LogP contribution in [-0.4, -0.2) is 39.3 Å². The summed E-state index contributed by atoms with van der Waals surface area (Å²) >= 11 is 4.09. The molecule has 0 aromatic rings. The molecule has 0 bridgehead atoms. The molecule has 0 atom stereocenters. The molecule has 0 saturated heterocycles. The molecule has 4 nitrogen and oxygen atoms in total. The lowest BCUT2D eigenvalue weighted by Crippen LogP contribution is -2.45. The van der Waals surface area contributed by atoms with Crippen LogP contribution in [-0.2, 0) is 13.3 Å². The molecule has 0 aliphatic carbocycles. The average Bonchev–Trinajstić information content (AvgIpc) is 3.15. The normalized spacial score (nSPS) is 11.6. The summed E-state index contributed by atoms with van der Waals surface area (Å²) in [5, 5.41) is 7.79. The molecule has 0 aliphatic rings. The van der Waals surface area contributed by atoms with Crippen LogP contribution in [0.2, 0.25) is 6.04 Å². The smallest absolute Gasteiger partial charge is 0.500 e. The molecule has 0 heterocycles. The topological polar surface area (TPSA) is 47.9 Å². The van der Waals surface area contributed by atoms with Crippen molar-refractivity contribution < 1.29 is 18.4 Å². The third-order valence-corrected chi connectivity index (χ3v) is 13.7. The van der Waals surface area contributed by atoms with E-state index < -0.39 is 8.80 Å². The van der Waals surface area contributed by atoms with Crippen LogP contribution in [0.25, 0.3) is 0 Å². The minimum absolute atomic E-state index is 0.000000000000000222. The molecule has 0 amide bonds. The minimum Gasteiger partial charge on any atom is -0.502 e. The Morgan fingerprint density at radius 3 is 0.774 bits per heavy atom. The van der Waals surface area contributed by atoms with Crippen molar-refractivity contribution in [2.75, 3.05) is 20.3 Å². The van der Waals surface area contributed by atoms with Gasteiger partial charge in [0.1, 0.15) is 0 Å². The second-order valence-electron chi connectivity index (χ2n) is 16.2. The fourth-order valence-corrected chi connectivity index (χ4v) is 9.69. The zero-order valence-corrected chi connectivity index (χ0v) is 38.9. The number of aliphatic hydroxyl groups is 1. The molecule has 0 spiro atoms. The summed E-state index contributed by atoms with van der Waals surface area (Å²) in [6.07, 6.45) is 52.7. The second kappa shape index (κ2) is 48.1. The van der Waals surface area contributed by atoms with E-state index in [1.54, 1.807) is 0 Å². The highest BCUT2D eigenvalue weighted by Crippen LogP contribution is 2.22. The third-order valence-electron chi connectivity index (χ3n) is 10.8. The van der Waals surface area contributed by atoms with Crippen LogP contribution >= 0.6 is 12.2 Å². The summed E-state index contributed by atoms with van der Waals surface area (Å²) in [7, 11) is -0.704. The second-order valence-corrected chi connectivity index (χ2v) is 19.7. The quantitative estimate of drug-likeness (QED) is 0.0379. The van der Waals surface area contributed by atoms with E-state index in [-0.39, 0.29) is 5.05 Å². The minimum atomic E-state index is -2.56. The van der Waals surface area contributed by atoms with Crippen molar-refractivity contribution in [3.63, 3.8) is 0 Å². The van der Waals surface area contributed by atoms with Gasteiger partial charge < -0.3 is 18.4 Å². The molecule has 53 heavy (non-hydrogen) atoms. The average molecular weight is 787 g/mol. The van der Waals surface area contributed by atoms with Crippen LogP contribution in [0.4, 0.5) is 0 Å². The first-order chi connectivity index (χ1) is 26.0. The Labute approximate surface area is 341 Å². The zero-order chi connectivity index (χ0) is 39.2. The van der Waals surface area contributed by atoms with Crippen LogP contribution in [0.5, 0.6) is 0 Å². The maximum Gasteiger partial charge on any atom is 0.500 e. The number of rotatable bonds is 44. The SMILES string of the molecule is CC(O)=S.CCCCCCCCCCCCCCCCCCO[Si](CCCCCCCC)(OC)OCCCCCCCCCCCCCCCCCC. The first-order valence-electron chi connectivity index (χ1n) is 24.0. The van der Waals surface area contributed by atoms with Crippen LogP contribution < -0.4 is 0 Å². The number of unbranched alkanes of at least 4 members (excludes halogenated alkanes) is 35. The fraction of sp³-hybridized carbons (Fsp3) is 0.979. The van der Waals surface area contributed by atoms with Gasteiger partial charge in [-0.3, -0.25) is 0 Å². The number of aliphatic hydroxyl groups excluding tert-OH is 1. The van der Waals surface area contributed by atoms with Crippen molar-refractivity contribution in [1.82, 2.24) is 0 Å². The number of thiocarbonyl (C=S) groups is 1. The molecule has 0 saturated carbocycles. The van der Waals surface area contributed by atoms with Crippen molar-refractivity contribution in [2.45, 2.75) is 278 Å². The van der Waals surface area contributed by atoms with E-state index in [0.29, 0.717) is 0 Å². The molecule has 0 radical (unpaired) electrons. The van der Waals surface area contributed by atoms with Gasteiger partial charge in [-0.05, 0) is 31.5 Å². The first kappa shape index (κ1) is 55.1. The molecule has 0 aromatic heterocycles. The van der Waals surface area contributed by atoms with E-state index in [0.717, 1.165) is 32.1 Å². The molecule has 0 fully saturated rings. The Balaban J connectivity index is 0. The van der Waals surface area contributed by atoms with E-state index in [9.17, 15) is 0 Å². The van der Waals surface area contributed by atoms with Gasteiger partial charge in [-0.25, -0.2) is 0 Å². The highest BCUT2D eigenvalue weighted by molar-refractivity contribution is 7.79. The summed E-state index contributed by atoms with van der Waals surface area (Å²) in [6.45, 7) is 9.98. The summed E-state index contributed by atoms with van der Waals surface area (Å²) < 4.78 is 19.2. The van der Waals surface area contributed by atoms with Gasteiger partial charge in [0.15, 0.2) is 5.05 Å². The van der Waals surface area contributed by atoms with E-state index in [4.69, 9.17) is 18.4 Å². The van der Waals surface area contributed by atoms with Crippen molar-refractivity contribution in [3.8, 4) is 0 Å². The molecule has 0 aliphatic heterocycles. The molecular weight excluding hydrogens is 689 g/mol. The summed E-state index contributed by atoms with van der Waals surface area (Å²) in [5.74, 6) is 0. The largest absolute Gasteiger partial charge is 0.502 e. The van der Waals surface area contributed by atoms with Gasteiger partial charge in [-0.1, -0.05) is 245 Å². The van der Waals surface area contributed by atoms with Crippen molar-refractivity contribution in [2.24, 2.45) is 0 Å². The van der Waals surface area contributed by atoms with E-state index in [1.165, 1.54) is 238 Å². The molecule has 320 valence electrons. The third kappa shape index (κ3) is 48.1. The van der Waals surface area contributed by atoms with Crippen molar-refractivity contribution in [3.05, 3.63) is 0 Å². The predicted molar refractivity (Wildman–Crippen MR) is 243 cm³/mol. The first-order valence-corrected chi connectivity index (χ1v) is 26.3. The Morgan fingerprint density at radius 2 is 0.566 bits per heavy atom. The van der Waals surface area contributed by atoms with Gasteiger partial charge in [0, 0.05) is 33.3 Å². The van der Waals surface area contributed by atoms with Gasteiger partial charge in [0.05, 0.1) is 0 Å². The molecule has 1 N–H and O–H groups in total. The Bertz CT molecular complexity index is 637. The van der Waals surface area contributed by atoms with Gasteiger partial charge in [-0.2, -0.15) is 0 Å². The molecule has 0 unspecified atom stereocenters. The van der Waals surface area contributed by atoms with Crippen LogP contribution in [0.3, 0.4) is 0 Å². The summed E-state index contributed by atoms with van der Waals surface area (Å²) in [4.78, 5) is 0. The number of hydrogen-bond donors (Lipinski definition) is 1. The van der Waals surface area contributed by atoms with Crippen LogP contribution in [0.1, 0.15) is 272 Å². The van der Waals surface area contributed by atoms with Gasteiger partial charge in [0.2, 0.25) is 0 Å². The fourth-order valence-electron chi connectivity index (χ4n) is 7.28. The molecular formula is C47H98O4SSi. The van der Waals surface area contributed by atoms with Crippen molar-refractivity contribution >= 4 is 26.1 Å². The van der Waals surface area contributed by atoms with E-state index in [1.807, 2.05) is 7.11 Å². The standard InChI is InChI=1S/C45H94O3Si.C2H4OS/c1-5-8-11-14-17-19-21-23-25-27-29-31-33-35-37-40-43-47-49(46-4,45-42-39-16-13-10-7-3)48-44-41-38-36-34-32-30-28-26-24-22-20-18-15-12-9-6-2;1-2(3)4/h5-45H2,1-4H3;1H3,(H,3,4). The Kier molecular flexibility index (Phi) is 50.0. The lowest BCUT2D eigenvalue weighted by atomic mass is 10.0. The maximum absolute atomic E-state index is 7.79. The van der Waals surface area contributed by atoms with Crippen LogP contribution in [0.15, 0.2) is 0 Å². The van der Waals surface area contributed by atoms with E-state index >= 15 is 0 Å². The van der Waals surface area contributed by atoms with Crippen LogP contribution in [0, 0.1) is 0 Å². The highest BCUT2D eigenvalue weighted by atomic mass is 32.1. The predicted octanol–water partition coefficient (Wildman–Crippen LogP) is 17.4. The van der Waals surface area contributed by atoms with Gasteiger partial charge in [0.25, 0.3) is 0 Å². The molecule has 0 rings (SSSR count). The Hall–Kier alpha value is -0.0131. The van der Waals surface area contributed by atoms with Gasteiger partial charge in [-0.15, -0.1) is 0 Å². The lowest BCUT2D eigenvalue weighted by Gasteiger charge is -2.28. The van der Waals surface area contributed by atoms with E-state index in [2.05, 4.69) is 33.0 Å². The number of hydrogen-bond acceptors (Lipinski definition) is 4. The highest BCUT2D eigenvalue weighted by Gasteiger charge is 2.39. The van der Waals surface area contributed by atoms with Crippen molar-refractivity contribution in [1.29, 1.82) is 0 Å². The summed E-state index contributed by atoms with van der Waals surface area (Å²) in [5.41, 5.74) is 0. The monoisotopic (exact) mass is 787 g/mol. The molecule has 6 heteroatoms.